The molecule has 3 heterocycles. The summed E-state index contributed by atoms with van der Waals surface area (Å²) in [5.41, 5.74) is 2.11. The maximum Gasteiger partial charge on any atom is 0.271 e. The van der Waals surface area contributed by atoms with E-state index in [2.05, 4.69) is 20.1 Å². The van der Waals surface area contributed by atoms with Crippen LogP contribution in [0.5, 0.6) is 0 Å². The van der Waals surface area contributed by atoms with Crippen molar-refractivity contribution in [2.75, 3.05) is 31.1 Å². The van der Waals surface area contributed by atoms with Crippen molar-refractivity contribution in [3.63, 3.8) is 0 Å². The third-order valence-electron chi connectivity index (χ3n) is 4.27. The first-order valence-electron chi connectivity index (χ1n) is 7.78. The number of carbonyl (C=O) groups is 1. The van der Waals surface area contributed by atoms with Gasteiger partial charge in [0.2, 0.25) is 0 Å². The number of fused-ring (bicyclic) bond motifs is 1. The van der Waals surface area contributed by atoms with E-state index in [1.807, 2.05) is 17.2 Å². The first-order valence-corrected chi connectivity index (χ1v) is 8.66. The summed E-state index contributed by atoms with van der Waals surface area (Å²) in [6.07, 6.45) is 0. The van der Waals surface area contributed by atoms with E-state index in [-0.39, 0.29) is 11.5 Å². The largest absolute Gasteiger partial charge is 0.345 e. The van der Waals surface area contributed by atoms with Gasteiger partial charge < -0.3 is 9.80 Å². The van der Waals surface area contributed by atoms with E-state index in [9.17, 15) is 9.59 Å². The SMILES string of the molecule is Cc1csc(N2CCN(C(=O)c3ccc4c(=O)[nH][nH]c4c3)CC2)n1. The molecule has 0 radical (unpaired) electrons. The van der Waals surface area contributed by atoms with Gasteiger partial charge in [0.25, 0.3) is 11.5 Å². The molecule has 8 heteroatoms. The smallest absolute Gasteiger partial charge is 0.271 e. The summed E-state index contributed by atoms with van der Waals surface area (Å²) in [6.45, 7) is 4.88. The van der Waals surface area contributed by atoms with Gasteiger partial charge in [-0.25, -0.2) is 4.98 Å². The number of thiazole rings is 1. The number of hydrogen-bond donors (Lipinski definition) is 2. The molecule has 0 spiro atoms. The molecule has 0 saturated carbocycles. The lowest BCUT2D eigenvalue weighted by atomic mass is 10.1. The van der Waals surface area contributed by atoms with Crippen molar-refractivity contribution in [3.05, 3.63) is 45.2 Å². The number of aryl methyl sites for hydroxylation is 1. The zero-order valence-electron chi connectivity index (χ0n) is 13.2. The van der Waals surface area contributed by atoms with Crippen molar-refractivity contribution < 1.29 is 4.79 Å². The number of nitrogens with zero attached hydrogens (tertiary/aromatic N) is 3. The highest BCUT2D eigenvalue weighted by molar-refractivity contribution is 7.13. The Morgan fingerprint density at radius 3 is 2.71 bits per heavy atom. The van der Waals surface area contributed by atoms with Crippen LogP contribution in [0, 0.1) is 6.92 Å². The van der Waals surface area contributed by atoms with Gasteiger partial charge in [0.15, 0.2) is 5.13 Å². The second-order valence-corrected chi connectivity index (χ2v) is 6.73. The van der Waals surface area contributed by atoms with Gasteiger partial charge in [0, 0.05) is 37.1 Å². The molecule has 4 rings (SSSR count). The van der Waals surface area contributed by atoms with Gasteiger partial charge >= 0.3 is 0 Å². The number of aromatic nitrogens is 3. The molecule has 2 N–H and O–H groups in total. The summed E-state index contributed by atoms with van der Waals surface area (Å²) in [7, 11) is 0. The van der Waals surface area contributed by atoms with E-state index in [1.54, 1.807) is 29.5 Å². The van der Waals surface area contributed by atoms with Crippen LogP contribution >= 0.6 is 11.3 Å². The zero-order chi connectivity index (χ0) is 16.7. The number of benzene rings is 1. The van der Waals surface area contributed by atoms with Crippen molar-refractivity contribution >= 4 is 33.3 Å². The van der Waals surface area contributed by atoms with E-state index in [0.717, 1.165) is 23.9 Å². The number of rotatable bonds is 2. The van der Waals surface area contributed by atoms with Crippen LogP contribution in [0.1, 0.15) is 16.1 Å². The third kappa shape index (κ3) is 2.58. The monoisotopic (exact) mass is 343 g/mol. The highest BCUT2D eigenvalue weighted by Crippen LogP contribution is 2.22. The topological polar surface area (TPSA) is 85.1 Å². The molecule has 3 aromatic rings. The lowest BCUT2D eigenvalue weighted by molar-refractivity contribution is 0.0747. The molecule has 0 aliphatic carbocycles. The van der Waals surface area contributed by atoms with Crippen molar-refractivity contribution in [2.24, 2.45) is 0 Å². The Morgan fingerprint density at radius 1 is 1.21 bits per heavy atom. The fraction of sp³-hybridized carbons (Fsp3) is 0.312. The predicted molar refractivity (Wildman–Crippen MR) is 93.9 cm³/mol. The van der Waals surface area contributed by atoms with Gasteiger partial charge in [0.05, 0.1) is 16.6 Å². The number of amides is 1. The van der Waals surface area contributed by atoms with Crippen LogP contribution < -0.4 is 10.5 Å². The molecule has 0 atom stereocenters. The summed E-state index contributed by atoms with van der Waals surface area (Å²) in [4.78, 5) is 32.8. The minimum atomic E-state index is -0.170. The van der Waals surface area contributed by atoms with Crippen LogP contribution in [0.25, 0.3) is 10.9 Å². The molecule has 124 valence electrons. The van der Waals surface area contributed by atoms with Crippen LogP contribution in [0.15, 0.2) is 28.4 Å². The molecule has 24 heavy (non-hydrogen) atoms. The van der Waals surface area contributed by atoms with Gasteiger partial charge in [-0.3, -0.25) is 19.8 Å². The van der Waals surface area contributed by atoms with E-state index in [1.165, 1.54) is 0 Å². The van der Waals surface area contributed by atoms with Crippen LogP contribution in [-0.2, 0) is 0 Å². The van der Waals surface area contributed by atoms with E-state index in [4.69, 9.17) is 0 Å². The van der Waals surface area contributed by atoms with Crippen molar-refractivity contribution in [2.45, 2.75) is 6.92 Å². The van der Waals surface area contributed by atoms with Gasteiger partial charge in [-0.05, 0) is 25.1 Å². The number of nitrogens with one attached hydrogen (secondary N) is 2. The number of aromatic amines is 2. The van der Waals surface area contributed by atoms with Crippen LogP contribution in [-0.4, -0.2) is 52.2 Å². The molecule has 1 aliphatic heterocycles. The Bertz CT molecular complexity index is 949. The lowest BCUT2D eigenvalue weighted by Crippen LogP contribution is -2.48. The van der Waals surface area contributed by atoms with Crippen molar-refractivity contribution in [1.29, 1.82) is 0 Å². The number of H-pyrrole nitrogens is 2. The van der Waals surface area contributed by atoms with Gasteiger partial charge in [-0.1, -0.05) is 0 Å². The second kappa shape index (κ2) is 5.79. The van der Waals surface area contributed by atoms with Crippen molar-refractivity contribution in [1.82, 2.24) is 20.1 Å². The Kier molecular flexibility index (Phi) is 3.61. The van der Waals surface area contributed by atoms with E-state index < -0.39 is 0 Å². The Labute approximate surface area is 141 Å². The van der Waals surface area contributed by atoms with Crippen molar-refractivity contribution in [3.8, 4) is 0 Å². The maximum absolute atomic E-state index is 12.7. The average molecular weight is 343 g/mol. The van der Waals surface area contributed by atoms with Gasteiger partial charge in [-0.15, -0.1) is 11.3 Å². The summed E-state index contributed by atoms with van der Waals surface area (Å²) < 4.78 is 0. The fourth-order valence-corrected chi connectivity index (χ4v) is 3.80. The number of anilines is 1. The normalized spacial score (nSPS) is 15.2. The maximum atomic E-state index is 12.7. The molecule has 1 amide bonds. The minimum Gasteiger partial charge on any atom is -0.345 e. The lowest BCUT2D eigenvalue weighted by Gasteiger charge is -2.34. The minimum absolute atomic E-state index is 0.00563. The molecule has 1 saturated heterocycles. The standard InChI is InChI=1S/C16H17N5O2S/c1-10-9-24-16(17-10)21-6-4-20(5-7-21)15(23)11-2-3-12-13(8-11)18-19-14(12)22/h2-3,8-9H,4-7H2,1H3,(H2,18,19,22). The quantitative estimate of drug-likeness (QED) is 0.740. The first kappa shape index (κ1) is 14.9. The summed E-state index contributed by atoms with van der Waals surface area (Å²) in [5.74, 6) is -0.00563. The molecule has 1 aromatic carbocycles. The Hall–Kier alpha value is -2.61. The summed E-state index contributed by atoms with van der Waals surface area (Å²) in [5, 5.41) is 8.95. The molecule has 0 bridgehead atoms. The van der Waals surface area contributed by atoms with Crippen LogP contribution in [0.3, 0.4) is 0 Å². The fourth-order valence-electron chi connectivity index (χ4n) is 2.94. The molecule has 2 aromatic heterocycles. The molecule has 0 unspecified atom stereocenters. The Morgan fingerprint density at radius 2 is 2.00 bits per heavy atom. The van der Waals surface area contributed by atoms with Gasteiger partial charge in [-0.2, -0.15) is 0 Å². The Balaban J connectivity index is 1.48. The number of hydrogen-bond acceptors (Lipinski definition) is 5. The summed E-state index contributed by atoms with van der Waals surface area (Å²) in [6, 6.07) is 5.13. The molecule has 1 fully saturated rings. The van der Waals surface area contributed by atoms with E-state index >= 15 is 0 Å². The van der Waals surface area contributed by atoms with Crippen LogP contribution in [0.2, 0.25) is 0 Å². The predicted octanol–water partition coefficient (Wildman–Crippen LogP) is 1.58. The second-order valence-electron chi connectivity index (χ2n) is 5.89. The summed E-state index contributed by atoms with van der Waals surface area (Å²) >= 11 is 1.64. The number of piperazine rings is 1. The molecular formula is C16H17N5O2S. The third-order valence-corrected chi connectivity index (χ3v) is 5.29. The van der Waals surface area contributed by atoms with E-state index in [0.29, 0.717) is 29.6 Å². The molecular weight excluding hydrogens is 326 g/mol. The van der Waals surface area contributed by atoms with Gasteiger partial charge in [0.1, 0.15) is 0 Å². The molecule has 1 aliphatic rings. The number of carbonyl (C=O) groups excluding carboxylic acids is 1. The highest BCUT2D eigenvalue weighted by atomic mass is 32.1. The highest BCUT2D eigenvalue weighted by Gasteiger charge is 2.23. The van der Waals surface area contributed by atoms with Crippen LogP contribution in [0.4, 0.5) is 5.13 Å². The first-order chi connectivity index (χ1) is 11.6. The average Bonchev–Trinajstić information content (AvgIpc) is 3.20. The zero-order valence-corrected chi connectivity index (χ0v) is 14.0. The molecule has 7 nitrogen and oxygen atoms in total.